The third-order valence-corrected chi connectivity index (χ3v) is 3.32. The van der Waals surface area contributed by atoms with E-state index < -0.39 is 5.60 Å². The molecule has 96 valence electrons. The molecule has 0 aromatic carbocycles. The van der Waals surface area contributed by atoms with Crippen molar-refractivity contribution in [2.24, 2.45) is 17.3 Å². The van der Waals surface area contributed by atoms with Crippen molar-refractivity contribution in [2.45, 2.75) is 47.1 Å². The summed E-state index contributed by atoms with van der Waals surface area (Å²) in [5.41, 5.74) is 0.0497. The van der Waals surface area contributed by atoms with Crippen LogP contribution in [0.25, 0.3) is 0 Å². The predicted molar refractivity (Wildman–Crippen MR) is 66.4 cm³/mol. The number of esters is 1. The minimum atomic E-state index is -0.475. The van der Waals surface area contributed by atoms with Crippen LogP contribution >= 0.6 is 0 Å². The highest BCUT2D eigenvalue weighted by atomic mass is 16.6. The molecule has 1 rings (SSSR count). The zero-order valence-electron chi connectivity index (χ0n) is 11.5. The summed E-state index contributed by atoms with van der Waals surface area (Å²) in [6, 6.07) is 0. The smallest absolute Gasteiger partial charge is 0.310 e. The Labute approximate surface area is 103 Å². The van der Waals surface area contributed by atoms with E-state index in [1.54, 1.807) is 6.08 Å². The molecular formula is C14H22O3. The van der Waals surface area contributed by atoms with Crippen LogP contribution in [0, 0.1) is 17.3 Å². The lowest BCUT2D eigenvalue weighted by atomic mass is 10.0. The monoisotopic (exact) mass is 238 g/mol. The van der Waals surface area contributed by atoms with Crippen LogP contribution in [0.2, 0.25) is 0 Å². The molecule has 0 aromatic rings. The molecule has 0 N–H and O–H groups in total. The van der Waals surface area contributed by atoms with Crippen LogP contribution in [0.4, 0.5) is 0 Å². The van der Waals surface area contributed by atoms with Gasteiger partial charge < -0.3 is 4.74 Å². The highest BCUT2D eigenvalue weighted by Gasteiger charge is 2.64. The van der Waals surface area contributed by atoms with E-state index in [2.05, 4.69) is 0 Å². The average molecular weight is 238 g/mol. The van der Waals surface area contributed by atoms with Crippen molar-refractivity contribution >= 4 is 12.3 Å². The Morgan fingerprint density at radius 1 is 1.24 bits per heavy atom. The van der Waals surface area contributed by atoms with Crippen molar-refractivity contribution in [2.75, 3.05) is 0 Å². The van der Waals surface area contributed by atoms with Gasteiger partial charge in [0.1, 0.15) is 11.9 Å². The first-order valence-corrected chi connectivity index (χ1v) is 5.99. The van der Waals surface area contributed by atoms with Crippen LogP contribution < -0.4 is 0 Å². The van der Waals surface area contributed by atoms with Crippen LogP contribution in [0.15, 0.2) is 11.6 Å². The largest absolute Gasteiger partial charge is 0.460 e. The number of rotatable bonds is 3. The van der Waals surface area contributed by atoms with Crippen molar-refractivity contribution in [3.63, 3.8) is 0 Å². The highest BCUT2D eigenvalue weighted by molar-refractivity contribution is 5.84. The third kappa shape index (κ3) is 2.76. The molecule has 1 saturated carbocycles. The lowest BCUT2D eigenvalue weighted by Crippen LogP contribution is -2.26. The number of aldehydes is 1. The van der Waals surface area contributed by atoms with Crippen LogP contribution in [-0.2, 0) is 14.3 Å². The first kappa shape index (κ1) is 13.9. The molecule has 3 heteroatoms. The summed E-state index contributed by atoms with van der Waals surface area (Å²) in [4.78, 5) is 23.0. The zero-order valence-corrected chi connectivity index (χ0v) is 11.5. The molecule has 0 radical (unpaired) electrons. The average Bonchev–Trinajstić information content (AvgIpc) is 2.69. The molecule has 0 heterocycles. The second-order valence-electron chi connectivity index (χ2n) is 6.22. The third-order valence-electron chi connectivity index (χ3n) is 3.32. The van der Waals surface area contributed by atoms with Gasteiger partial charge in [-0.2, -0.15) is 0 Å². The lowest BCUT2D eigenvalue weighted by Gasteiger charge is -2.20. The summed E-state index contributed by atoms with van der Waals surface area (Å²) >= 11 is 0. The molecule has 2 unspecified atom stereocenters. The predicted octanol–water partition coefficient (Wildman–Crippen LogP) is 2.75. The topological polar surface area (TPSA) is 43.4 Å². The Hall–Kier alpha value is -1.12. The van der Waals surface area contributed by atoms with Gasteiger partial charge in [-0.15, -0.1) is 0 Å². The number of ether oxygens (including phenoxy) is 1. The van der Waals surface area contributed by atoms with Gasteiger partial charge in [0.05, 0.1) is 5.92 Å². The number of hydrogen-bond donors (Lipinski definition) is 0. The van der Waals surface area contributed by atoms with Crippen LogP contribution in [0.3, 0.4) is 0 Å². The molecule has 0 aliphatic heterocycles. The Balaban J connectivity index is 2.81. The number of carbonyl (C=O) groups excluding carboxylic acids is 2. The van der Waals surface area contributed by atoms with Gasteiger partial charge in [-0.3, -0.25) is 9.59 Å². The summed E-state index contributed by atoms with van der Waals surface area (Å²) < 4.78 is 5.38. The molecule has 1 fully saturated rings. The summed E-state index contributed by atoms with van der Waals surface area (Å²) in [7, 11) is 0. The molecule has 1 aliphatic rings. The van der Waals surface area contributed by atoms with Gasteiger partial charge >= 0.3 is 5.97 Å². The SMILES string of the molecule is CC=C(C=O)C1C(C(=O)OC(C)(C)C)C1(C)C. The fourth-order valence-corrected chi connectivity index (χ4v) is 2.39. The van der Waals surface area contributed by atoms with Gasteiger partial charge in [0.25, 0.3) is 0 Å². The first-order chi connectivity index (χ1) is 7.65. The summed E-state index contributed by atoms with van der Waals surface area (Å²) in [6.45, 7) is 11.4. The standard InChI is InChI=1S/C14H22O3/c1-7-9(8-15)10-11(14(10,5)6)12(16)17-13(2,3)4/h7-8,10-11H,1-6H3. The van der Waals surface area contributed by atoms with Crippen molar-refractivity contribution < 1.29 is 14.3 Å². The van der Waals surface area contributed by atoms with E-state index in [0.29, 0.717) is 5.57 Å². The molecule has 0 saturated heterocycles. The van der Waals surface area contributed by atoms with Crippen molar-refractivity contribution in [1.82, 2.24) is 0 Å². The van der Waals surface area contributed by atoms with Gasteiger partial charge in [-0.25, -0.2) is 0 Å². The Morgan fingerprint density at radius 2 is 1.76 bits per heavy atom. The second kappa shape index (κ2) is 4.28. The van der Waals surface area contributed by atoms with Crippen LogP contribution in [0.5, 0.6) is 0 Å². The van der Waals surface area contributed by atoms with E-state index in [0.717, 1.165) is 6.29 Å². The molecule has 0 aromatic heterocycles. The molecule has 0 amide bonds. The maximum absolute atomic E-state index is 12.0. The molecule has 2 atom stereocenters. The van der Waals surface area contributed by atoms with Crippen molar-refractivity contribution in [3.8, 4) is 0 Å². The van der Waals surface area contributed by atoms with E-state index in [1.807, 2.05) is 41.5 Å². The van der Waals surface area contributed by atoms with E-state index in [9.17, 15) is 9.59 Å². The van der Waals surface area contributed by atoms with Gasteiger partial charge in [0.2, 0.25) is 0 Å². The van der Waals surface area contributed by atoms with Crippen molar-refractivity contribution in [3.05, 3.63) is 11.6 Å². The zero-order chi connectivity index (χ0) is 13.4. The normalized spacial score (nSPS) is 27.5. The van der Waals surface area contributed by atoms with Crippen LogP contribution in [-0.4, -0.2) is 17.9 Å². The number of hydrogen-bond acceptors (Lipinski definition) is 3. The molecule has 1 aliphatic carbocycles. The molecule has 0 spiro atoms. The molecule has 3 nitrogen and oxygen atoms in total. The maximum atomic E-state index is 12.0. The molecule has 17 heavy (non-hydrogen) atoms. The minimum Gasteiger partial charge on any atom is -0.460 e. The quantitative estimate of drug-likeness (QED) is 0.431. The summed E-state index contributed by atoms with van der Waals surface area (Å²) in [6.07, 6.45) is 2.63. The van der Waals surface area contributed by atoms with E-state index in [4.69, 9.17) is 4.74 Å². The van der Waals surface area contributed by atoms with E-state index >= 15 is 0 Å². The second-order valence-corrected chi connectivity index (χ2v) is 6.22. The molecular weight excluding hydrogens is 216 g/mol. The van der Waals surface area contributed by atoms with Gasteiger partial charge in [-0.05, 0) is 38.7 Å². The fourth-order valence-electron chi connectivity index (χ4n) is 2.39. The van der Waals surface area contributed by atoms with E-state index in [1.165, 1.54) is 0 Å². The molecule has 0 bridgehead atoms. The number of carbonyl (C=O) groups is 2. The first-order valence-electron chi connectivity index (χ1n) is 5.99. The van der Waals surface area contributed by atoms with Crippen LogP contribution in [0.1, 0.15) is 41.5 Å². The Morgan fingerprint density at radius 3 is 2.12 bits per heavy atom. The fraction of sp³-hybridized carbons (Fsp3) is 0.714. The van der Waals surface area contributed by atoms with Crippen molar-refractivity contribution in [1.29, 1.82) is 0 Å². The van der Waals surface area contributed by atoms with Gasteiger partial charge in [-0.1, -0.05) is 19.9 Å². The lowest BCUT2D eigenvalue weighted by molar-refractivity contribution is -0.157. The minimum absolute atomic E-state index is 0.000139. The summed E-state index contributed by atoms with van der Waals surface area (Å²) in [5, 5.41) is 0. The maximum Gasteiger partial charge on any atom is 0.310 e. The van der Waals surface area contributed by atoms with Gasteiger partial charge in [0.15, 0.2) is 0 Å². The van der Waals surface area contributed by atoms with E-state index in [-0.39, 0.29) is 23.2 Å². The van der Waals surface area contributed by atoms with Gasteiger partial charge in [0, 0.05) is 5.92 Å². The highest BCUT2D eigenvalue weighted by Crippen LogP contribution is 2.61. The Bertz CT molecular complexity index is 358. The number of allylic oxidation sites excluding steroid dienone is 2. The summed E-state index contributed by atoms with van der Waals surface area (Å²) in [5.74, 6) is -0.397. The Kier molecular flexibility index (Phi) is 3.51.